The van der Waals surface area contributed by atoms with Gasteiger partial charge in [0.05, 0.1) is 0 Å². The summed E-state index contributed by atoms with van der Waals surface area (Å²) in [6.07, 6.45) is 1.59. The molecule has 0 radical (unpaired) electrons. The van der Waals surface area contributed by atoms with Crippen LogP contribution in [-0.4, -0.2) is 0 Å². The predicted octanol–water partition coefficient (Wildman–Crippen LogP) is 3.27. The summed E-state index contributed by atoms with van der Waals surface area (Å²) in [4.78, 5) is 0. The van der Waals surface area contributed by atoms with Gasteiger partial charge in [-0.2, -0.15) is 10.5 Å². The van der Waals surface area contributed by atoms with E-state index in [1.807, 2.05) is 54.6 Å². The average Bonchev–Trinajstić information content (AvgIpc) is 2.35. The highest BCUT2D eigenvalue weighted by Crippen LogP contribution is 2.17. The number of hydrogen-bond acceptors (Lipinski definition) is 2. The summed E-state index contributed by atoms with van der Waals surface area (Å²) >= 11 is 0. The molecule has 2 heteroatoms. The molecule has 0 aliphatic heterocycles. The summed E-state index contributed by atoms with van der Waals surface area (Å²) < 4.78 is 0. The lowest BCUT2D eigenvalue weighted by Crippen LogP contribution is -1.77. The van der Waals surface area contributed by atoms with E-state index in [0.29, 0.717) is 0 Å². The zero-order valence-electron chi connectivity index (χ0n) is 8.51. The molecule has 0 amide bonds. The minimum absolute atomic E-state index is 0.121. The molecular formula is C14H8N2. The Morgan fingerprint density at radius 2 is 1.62 bits per heavy atom. The molecule has 0 saturated carbocycles. The summed E-state index contributed by atoms with van der Waals surface area (Å²) in [5, 5.41) is 19.6. The summed E-state index contributed by atoms with van der Waals surface area (Å²) in [6.45, 7) is 0. The third-order valence-corrected chi connectivity index (χ3v) is 2.33. The normalized spacial score (nSPS) is 9.12. The predicted molar refractivity (Wildman–Crippen MR) is 63.2 cm³/mol. The van der Waals surface area contributed by atoms with E-state index < -0.39 is 0 Å². The summed E-state index contributed by atoms with van der Waals surface area (Å²) in [7, 11) is 0. The van der Waals surface area contributed by atoms with Crippen molar-refractivity contribution in [3.05, 3.63) is 53.6 Å². The number of nitrogens with zero attached hydrogens (tertiary/aromatic N) is 2. The molecule has 74 valence electrons. The molecule has 2 aromatic rings. The molecule has 0 atom stereocenters. The SMILES string of the molecule is N#CC(C#N)=Cc1ccc2ccccc2c1. The van der Waals surface area contributed by atoms with Gasteiger partial charge >= 0.3 is 0 Å². The van der Waals surface area contributed by atoms with Crippen molar-refractivity contribution < 1.29 is 0 Å². The minimum atomic E-state index is 0.121. The second-order valence-electron chi connectivity index (χ2n) is 3.39. The van der Waals surface area contributed by atoms with E-state index in [9.17, 15) is 0 Å². The van der Waals surface area contributed by atoms with E-state index >= 15 is 0 Å². The lowest BCUT2D eigenvalue weighted by Gasteiger charge is -1.98. The Balaban J connectivity index is 2.53. The number of allylic oxidation sites excluding steroid dienone is 1. The standard InChI is InChI=1S/C14H8N2/c15-9-12(10-16)7-11-5-6-13-3-1-2-4-14(13)8-11/h1-8H. The lowest BCUT2D eigenvalue weighted by atomic mass is 10.1. The fraction of sp³-hybridized carbons (Fsp3) is 0. The molecule has 0 fully saturated rings. The molecule has 16 heavy (non-hydrogen) atoms. The van der Waals surface area contributed by atoms with Crippen LogP contribution in [0, 0.1) is 22.7 Å². The third-order valence-electron chi connectivity index (χ3n) is 2.33. The number of hydrogen-bond donors (Lipinski definition) is 0. The van der Waals surface area contributed by atoms with Crippen molar-refractivity contribution in [1.29, 1.82) is 10.5 Å². The minimum Gasteiger partial charge on any atom is -0.192 e. The number of fused-ring (bicyclic) bond motifs is 1. The molecule has 2 nitrogen and oxygen atoms in total. The van der Waals surface area contributed by atoms with Crippen LogP contribution in [-0.2, 0) is 0 Å². The number of rotatable bonds is 1. The monoisotopic (exact) mass is 204 g/mol. The summed E-state index contributed by atoms with van der Waals surface area (Å²) in [5.74, 6) is 0. The number of nitriles is 2. The second-order valence-corrected chi connectivity index (χ2v) is 3.39. The highest BCUT2D eigenvalue weighted by molar-refractivity contribution is 5.85. The van der Waals surface area contributed by atoms with Gasteiger partial charge in [-0.15, -0.1) is 0 Å². The molecule has 0 aliphatic carbocycles. The average molecular weight is 204 g/mol. The summed E-state index contributed by atoms with van der Waals surface area (Å²) in [6, 6.07) is 17.5. The Kier molecular flexibility index (Phi) is 2.67. The van der Waals surface area contributed by atoms with E-state index in [4.69, 9.17) is 10.5 Å². The van der Waals surface area contributed by atoms with E-state index in [1.54, 1.807) is 6.08 Å². The maximum absolute atomic E-state index is 8.66. The Morgan fingerprint density at radius 1 is 0.938 bits per heavy atom. The van der Waals surface area contributed by atoms with Crippen LogP contribution in [0.3, 0.4) is 0 Å². The molecule has 0 heterocycles. The van der Waals surface area contributed by atoms with Crippen LogP contribution in [0.4, 0.5) is 0 Å². The van der Waals surface area contributed by atoms with Gasteiger partial charge in [-0.1, -0.05) is 36.4 Å². The van der Waals surface area contributed by atoms with Gasteiger partial charge in [-0.3, -0.25) is 0 Å². The Morgan fingerprint density at radius 3 is 2.31 bits per heavy atom. The van der Waals surface area contributed by atoms with Crippen molar-refractivity contribution >= 4 is 16.8 Å². The lowest BCUT2D eigenvalue weighted by molar-refractivity contribution is 1.47. The molecule has 0 saturated heterocycles. The first kappa shape index (κ1) is 9.96. The van der Waals surface area contributed by atoms with Crippen molar-refractivity contribution in [2.45, 2.75) is 0 Å². The molecular weight excluding hydrogens is 196 g/mol. The van der Waals surface area contributed by atoms with Crippen molar-refractivity contribution in [3.63, 3.8) is 0 Å². The van der Waals surface area contributed by atoms with Crippen molar-refractivity contribution in [2.75, 3.05) is 0 Å². The van der Waals surface area contributed by atoms with E-state index in [-0.39, 0.29) is 5.57 Å². The number of benzene rings is 2. The maximum atomic E-state index is 8.66. The van der Waals surface area contributed by atoms with Crippen LogP contribution < -0.4 is 0 Å². The van der Waals surface area contributed by atoms with Crippen LogP contribution >= 0.6 is 0 Å². The quantitative estimate of drug-likeness (QED) is 0.669. The first-order chi connectivity index (χ1) is 7.83. The first-order valence-electron chi connectivity index (χ1n) is 4.84. The topological polar surface area (TPSA) is 47.6 Å². The van der Waals surface area contributed by atoms with Crippen molar-refractivity contribution in [2.24, 2.45) is 0 Å². The molecule has 0 aromatic heterocycles. The first-order valence-corrected chi connectivity index (χ1v) is 4.84. The van der Waals surface area contributed by atoms with Crippen molar-refractivity contribution in [3.8, 4) is 12.1 Å². The van der Waals surface area contributed by atoms with Gasteiger partial charge in [0, 0.05) is 0 Å². The largest absolute Gasteiger partial charge is 0.192 e. The van der Waals surface area contributed by atoms with E-state index in [1.165, 1.54) is 0 Å². The molecule has 2 rings (SSSR count). The Labute approximate surface area is 93.7 Å². The third kappa shape index (κ3) is 1.92. The van der Waals surface area contributed by atoms with E-state index in [2.05, 4.69) is 0 Å². The fourth-order valence-electron chi connectivity index (χ4n) is 1.55. The van der Waals surface area contributed by atoms with Crippen molar-refractivity contribution in [1.82, 2.24) is 0 Å². The molecule has 0 unspecified atom stereocenters. The van der Waals surface area contributed by atoms with Gasteiger partial charge in [-0.05, 0) is 28.5 Å². The highest BCUT2D eigenvalue weighted by atomic mass is 14.3. The highest BCUT2D eigenvalue weighted by Gasteiger charge is 1.96. The van der Waals surface area contributed by atoms with Crippen LogP contribution in [0.25, 0.3) is 16.8 Å². The van der Waals surface area contributed by atoms with Gasteiger partial charge in [0.2, 0.25) is 0 Å². The Hall–Kier alpha value is -2.58. The molecule has 0 aliphatic rings. The second kappa shape index (κ2) is 4.29. The summed E-state index contributed by atoms with van der Waals surface area (Å²) in [5.41, 5.74) is 0.993. The maximum Gasteiger partial charge on any atom is 0.130 e. The molecule has 0 bridgehead atoms. The fourth-order valence-corrected chi connectivity index (χ4v) is 1.55. The zero-order valence-corrected chi connectivity index (χ0v) is 8.51. The van der Waals surface area contributed by atoms with Gasteiger partial charge in [-0.25, -0.2) is 0 Å². The molecule has 0 N–H and O–H groups in total. The Bertz CT molecular complexity index is 624. The molecule has 2 aromatic carbocycles. The smallest absolute Gasteiger partial charge is 0.130 e. The van der Waals surface area contributed by atoms with Gasteiger partial charge < -0.3 is 0 Å². The molecule has 0 spiro atoms. The van der Waals surface area contributed by atoms with E-state index in [0.717, 1.165) is 16.3 Å². The van der Waals surface area contributed by atoms with Crippen LogP contribution in [0.5, 0.6) is 0 Å². The van der Waals surface area contributed by atoms with Gasteiger partial charge in [0.15, 0.2) is 0 Å². The van der Waals surface area contributed by atoms with Crippen LogP contribution in [0.1, 0.15) is 5.56 Å². The van der Waals surface area contributed by atoms with Crippen LogP contribution in [0.2, 0.25) is 0 Å². The zero-order chi connectivity index (χ0) is 11.4. The van der Waals surface area contributed by atoms with Crippen LogP contribution in [0.15, 0.2) is 48.0 Å². The van der Waals surface area contributed by atoms with Gasteiger partial charge in [0.25, 0.3) is 0 Å². The van der Waals surface area contributed by atoms with Gasteiger partial charge in [0.1, 0.15) is 17.7 Å².